The van der Waals surface area contributed by atoms with E-state index >= 15 is 0 Å². The Bertz CT molecular complexity index is 5340. The Kier molecular flexibility index (Phi) is 9.46. The molecule has 0 atom stereocenters. The molecule has 83 heavy (non-hydrogen) atoms. The van der Waals surface area contributed by atoms with Crippen molar-refractivity contribution in [2.24, 2.45) is 0 Å². The number of anilines is 3. The molecular weight excluding hydrogens is 1020 g/mol. The summed E-state index contributed by atoms with van der Waals surface area (Å²) in [5.74, 6) is 1.60. The molecule has 0 bridgehead atoms. The summed E-state index contributed by atoms with van der Waals surface area (Å²) in [5, 5.41) is 8.96. The van der Waals surface area contributed by atoms with Crippen molar-refractivity contribution in [1.82, 2.24) is 14.1 Å². The lowest BCUT2D eigenvalue weighted by molar-refractivity contribution is 0.487. The number of ether oxygens (including phenoxy) is 1. The number of hydrogen-bond acceptors (Lipinski definition) is 5. The van der Waals surface area contributed by atoms with Gasteiger partial charge in [0, 0.05) is 89.2 Å². The molecule has 0 amide bonds. The van der Waals surface area contributed by atoms with Crippen LogP contribution >= 0.6 is 0 Å². The molecule has 2 aliphatic rings. The lowest BCUT2D eigenvalue weighted by atomic mass is 9.34. The minimum Gasteiger partial charge on any atom is -0.458 e. The molecule has 390 valence electrons. The average molecular weight is 1070 g/mol. The highest BCUT2D eigenvalue weighted by Crippen LogP contribution is 2.50. The third-order valence-corrected chi connectivity index (χ3v) is 17.8. The molecule has 0 aliphatic carbocycles. The number of rotatable bonds is 5. The summed E-state index contributed by atoms with van der Waals surface area (Å²) in [5.41, 5.74) is 21.8. The van der Waals surface area contributed by atoms with E-state index in [0.717, 1.165) is 144 Å². The van der Waals surface area contributed by atoms with Crippen LogP contribution in [-0.2, 0) is 5.41 Å². The fourth-order valence-corrected chi connectivity index (χ4v) is 14.1. The number of fused-ring (bicyclic) bond motifs is 17. The van der Waals surface area contributed by atoms with Crippen molar-refractivity contribution < 1.29 is 13.6 Å². The summed E-state index contributed by atoms with van der Waals surface area (Å²) in [6.45, 7) is 6.69. The fourth-order valence-electron chi connectivity index (χ4n) is 14.1. The van der Waals surface area contributed by atoms with Gasteiger partial charge in [-0.2, -0.15) is 0 Å². The van der Waals surface area contributed by atoms with E-state index in [9.17, 15) is 0 Å². The summed E-state index contributed by atoms with van der Waals surface area (Å²) in [7, 11) is 0. The maximum atomic E-state index is 7.57. The number of furan rings is 2. The number of para-hydroxylation sites is 5. The van der Waals surface area contributed by atoms with Gasteiger partial charge in [-0.05, 0) is 123 Å². The molecule has 7 heterocycles. The van der Waals surface area contributed by atoms with E-state index in [1.165, 1.54) is 27.2 Å². The van der Waals surface area contributed by atoms with Crippen molar-refractivity contribution in [3.63, 3.8) is 0 Å². The highest BCUT2D eigenvalue weighted by Gasteiger charge is 2.43. The zero-order valence-corrected chi connectivity index (χ0v) is 45.7. The van der Waals surface area contributed by atoms with Gasteiger partial charge in [-0.15, -0.1) is 0 Å². The lowest BCUT2D eigenvalue weighted by Crippen LogP contribution is -2.59. The van der Waals surface area contributed by atoms with E-state index in [0.29, 0.717) is 0 Å². The topological polar surface area (TPSA) is 61.5 Å². The minimum atomic E-state index is -0.205. The van der Waals surface area contributed by atoms with Gasteiger partial charge in [-0.25, -0.2) is 0 Å². The molecule has 0 saturated heterocycles. The molecular formula is C75H49BN4O3. The van der Waals surface area contributed by atoms with Gasteiger partial charge in [0.2, 0.25) is 0 Å². The lowest BCUT2D eigenvalue weighted by Gasteiger charge is -2.41. The van der Waals surface area contributed by atoms with Gasteiger partial charge in [0.1, 0.15) is 33.8 Å². The van der Waals surface area contributed by atoms with Gasteiger partial charge in [-0.3, -0.25) is 4.98 Å². The molecule has 0 spiro atoms. The second-order valence-electron chi connectivity index (χ2n) is 23.4. The molecule has 16 aromatic rings. The van der Waals surface area contributed by atoms with Crippen LogP contribution in [0, 0.1) is 0 Å². The Balaban J connectivity index is 0.945. The second kappa shape index (κ2) is 17.0. The first-order valence-electron chi connectivity index (χ1n) is 28.5. The van der Waals surface area contributed by atoms with Crippen molar-refractivity contribution in [2.45, 2.75) is 26.2 Å². The van der Waals surface area contributed by atoms with Crippen LogP contribution in [0.25, 0.3) is 121 Å². The zero-order chi connectivity index (χ0) is 54.8. The van der Waals surface area contributed by atoms with Gasteiger partial charge < -0.3 is 27.6 Å². The van der Waals surface area contributed by atoms with Crippen LogP contribution in [0.5, 0.6) is 11.5 Å². The molecule has 0 radical (unpaired) electrons. The van der Waals surface area contributed by atoms with Crippen molar-refractivity contribution >= 4 is 128 Å². The number of aromatic nitrogens is 3. The Hall–Kier alpha value is -10.6. The Morgan fingerprint density at radius 2 is 1.04 bits per heavy atom. The van der Waals surface area contributed by atoms with Crippen molar-refractivity contribution in [3.05, 3.63) is 248 Å². The van der Waals surface area contributed by atoms with Crippen LogP contribution in [0.15, 0.2) is 252 Å². The smallest absolute Gasteiger partial charge is 0.256 e. The van der Waals surface area contributed by atoms with E-state index in [1.807, 2.05) is 30.6 Å². The highest BCUT2D eigenvalue weighted by atomic mass is 16.5. The number of benzene rings is 11. The highest BCUT2D eigenvalue weighted by molar-refractivity contribution is 6.99. The van der Waals surface area contributed by atoms with Gasteiger partial charge >= 0.3 is 0 Å². The number of pyridine rings is 1. The SMILES string of the molecule is CC(C)(C)c1ccc(N2c3cc(-n4c5ccccc5c5ccccc54)ccc3B3c4ccc(-n5c6ccccc6c6ccncc65)cc4Oc4cc(-c5cccc6c5oc5ccc7oc8ccccc8c7c56)cc2c43)c(-c2ccccc2)c1. The molecule has 8 heteroatoms. The van der Waals surface area contributed by atoms with Crippen LogP contribution in [0.4, 0.5) is 17.1 Å². The zero-order valence-electron chi connectivity index (χ0n) is 45.7. The first-order chi connectivity index (χ1) is 40.8. The van der Waals surface area contributed by atoms with Crippen molar-refractivity contribution in [3.8, 4) is 45.1 Å². The summed E-state index contributed by atoms with van der Waals surface area (Å²) in [6, 6.07) is 83.8. The maximum Gasteiger partial charge on any atom is 0.256 e. The van der Waals surface area contributed by atoms with Gasteiger partial charge in [-0.1, -0.05) is 160 Å². The monoisotopic (exact) mass is 1060 g/mol. The molecule has 5 aromatic heterocycles. The number of hydrogen-bond donors (Lipinski definition) is 0. The van der Waals surface area contributed by atoms with Crippen LogP contribution in [0.3, 0.4) is 0 Å². The van der Waals surface area contributed by atoms with Gasteiger partial charge in [0.05, 0.1) is 34.0 Å². The molecule has 18 rings (SSSR count). The average Bonchev–Trinajstić information content (AvgIpc) is 3.14. The summed E-state index contributed by atoms with van der Waals surface area (Å²) < 4.78 is 25.9. The van der Waals surface area contributed by atoms with Crippen LogP contribution in [-0.4, -0.2) is 20.8 Å². The molecule has 0 N–H and O–H groups in total. The van der Waals surface area contributed by atoms with Gasteiger partial charge in [0.15, 0.2) is 0 Å². The molecule has 11 aromatic carbocycles. The third-order valence-electron chi connectivity index (χ3n) is 17.8. The predicted molar refractivity (Wildman–Crippen MR) is 343 cm³/mol. The van der Waals surface area contributed by atoms with E-state index in [2.05, 4.69) is 252 Å². The second-order valence-corrected chi connectivity index (χ2v) is 23.4. The largest absolute Gasteiger partial charge is 0.458 e. The van der Waals surface area contributed by atoms with E-state index < -0.39 is 0 Å². The first-order valence-corrected chi connectivity index (χ1v) is 28.5. The van der Waals surface area contributed by atoms with Crippen LogP contribution in [0.2, 0.25) is 0 Å². The maximum absolute atomic E-state index is 7.57. The predicted octanol–water partition coefficient (Wildman–Crippen LogP) is 18.1. The Morgan fingerprint density at radius 1 is 0.410 bits per heavy atom. The molecule has 0 unspecified atom stereocenters. The first kappa shape index (κ1) is 46.2. The standard InChI is InChI=1S/C75H49BN4O3/c1-75(2,3)46-28-33-62(56(40-46)44-16-5-4-6-17-44)80-63-41-47(78-59-24-11-7-18-50(59)51-19-8-12-25-60(51)78)29-31-57(63)76-58-32-30-48(79-61-26-13-9-20-52(61)53-36-37-77-43-65(53)79)42-69(58)82-70-39-45(38-64(80)73(70)76)49-22-15-23-55-72-68(83-74(49)55)35-34-67-71(72)54-21-10-14-27-66(54)81-67/h4-43H,1-3H3. The van der Waals surface area contributed by atoms with E-state index in [-0.39, 0.29) is 12.1 Å². The number of nitrogens with zero attached hydrogens (tertiary/aromatic N) is 4. The third kappa shape index (κ3) is 6.60. The molecule has 0 saturated carbocycles. The summed E-state index contributed by atoms with van der Waals surface area (Å²) in [4.78, 5) is 7.18. The minimum absolute atomic E-state index is 0.110. The molecule has 2 aliphatic heterocycles. The fraction of sp³-hybridized carbons (Fsp3) is 0.0533. The van der Waals surface area contributed by atoms with Crippen molar-refractivity contribution in [2.75, 3.05) is 4.90 Å². The summed E-state index contributed by atoms with van der Waals surface area (Å²) in [6.07, 6.45) is 3.85. The van der Waals surface area contributed by atoms with E-state index in [4.69, 9.17) is 13.6 Å². The normalized spacial score (nSPS) is 13.0. The molecule has 0 fully saturated rings. The van der Waals surface area contributed by atoms with E-state index in [1.54, 1.807) is 0 Å². The quantitative estimate of drug-likeness (QED) is 0.161. The van der Waals surface area contributed by atoms with Gasteiger partial charge in [0.25, 0.3) is 6.71 Å². The summed E-state index contributed by atoms with van der Waals surface area (Å²) >= 11 is 0. The molecule has 7 nitrogen and oxygen atoms in total. The Labute approximate surface area is 477 Å². The van der Waals surface area contributed by atoms with Crippen molar-refractivity contribution in [1.29, 1.82) is 0 Å². The van der Waals surface area contributed by atoms with Crippen LogP contribution < -0.4 is 26.0 Å². The van der Waals surface area contributed by atoms with Crippen LogP contribution in [0.1, 0.15) is 26.3 Å². The Morgan fingerprint density at radius 3 is 1.78 bits per heavy atom.